The molecule has 0 N–H and O–H groups in total. The monoisotopic (exact) mass is 413 g/mol. The number of ether oxygens (including phenoxy) is 3. The summed E-state index contributed by atoms with van der Waals surface area (Å²) in [5.74, 6) is -0.501. The van der Waals surface area contributed by atoms with Crippen molar-refractivity contribution in [3.05, 3.63) is 34.9 Å². The van der Waals surface area contributed by atoms with E-state index < -0.39 is 23.2 Å². The first-order valence-electron chi connectivity index (χ1n) is 9.44. The summed E-state index contributed by atoms with van der Waals surface area (Å²) >= 11 is 5.97. The Morgan fingerprint density at radius 2 is 1.71 bits per heavy atom. The van der Waals surface area contributed by atoms with Crippen LogP contribution in [0.4, 0.5) is 4.79 Å². The Morgan fingerprint density at radius 3 is 2.21 bits per heavy atom. The number of hydrogen-bond donors (Lipinski definition) is 0. The molecular weight excluding hydrogens is 382 g/mol. The van der Waals surface area contributed by atoms with Crippen LogP contribution in [0.3, 0.4) is 0 Å². The summed E-state index contributed by atoms with van der Waals surface area (Å²) in [7, 11) is 1.46. The molecule has 158 valence electrons. The maximum atomic E-state index is 13.0. The van der Waals surface area contributed by atoms with Crippen LogP contribution in [0.15, 0.2) is 24.3 Å². The van der Waals surface area contributed by atoms with Gasteiger partial charge in [0.2, 0.25) is 0 Å². The number of esters is 1. The van der Waals surface area contributed by atoms with Crippen LogP contribution in [0, 0.1) is 0 Å². The van der Waals surface area contributed by atoms with Gasteiger partial charge in [0.05, 0.1) is 6.61 Å². The number of benzene rings is 1. The standard InChI is InChI=1S/C21H32ClNO5/c1-7-8-13-27-18(24)21(5,14-16-9-11-17(22)12-10-16)23(15-26-6)19(25)28-20(2,3)4/h9-12H,7-8,13-15H2,1-6H3/t21-/m0/s1. The van der Waals surface area contributed by atoms with Crippen LogP contribution in [0.1, 0.15) is 53.0 Å². The summed E-state index contributed by atoms with van der Waals surface area (Å²) < 4.78 is 16.2. The van der Waals surface area contributed by atoms with E-state index in [0.29, 0.717) is 11.6 Å². The first-order chi connectivity index (χ1) is 13.0. The largest absolute Gasteiger partial charge is 0.464 e. The highest BCUT2D eigenvalue weighted by atomic mass is 35.5. The third-order valence-electron chi connectivity index (χ3n) is 4.10. The SMILES string of the molecule is CCCCOC(=O)[C@](C)(Cc1ccc(Cl)cc1)N(COC)C(=O)OC(C)(C)C. The van der Waals surface area contributed by atoms with Crippen molar-refractivity contribution >= 4 is 23.7 Å². The molecule has 7 heteroatoms. The Labute approximate surface area is 173 Å². The molecule has 1 rings (SSSR count). The maximum Gasteiger partial charge on any atom is 0.413 e. The molecule has 0 aromatic heterocycles. The first kappa shape index (κ1) is 24.2. The molecule has 1 atom stereocenters. The van der Waals surface area contributed by atoms with Gasteiger partial charge in [-0.15, -0.1) is 0 Å². The molecule has 1 aromatic rings. The third kappa shape index (κ3) is 7.32. The second-order valence-electron chi connectivity index (χ2n) is 7.89. The molecule has 0 saturated heterocycles. The highest BCUT2D eigenvalue weighted by molar-refractivity contribution is 6.30. The molecule has 0 bridgehead atoms. The van der Waals surface area contributed by atoms with Crippen molar-refractivity contribution in [1.29, 1.82) is 0 Å². The number of unbranched alkanes of at least 4 members (excludes halogenated alkanes) is 1. The van der Waals surface area contributed by atoms with Crippen molar-refractivity contribution < 1.29 is 23.8 Å². The topological polar surface area (TPSA) is 65.1 Å². The molecule has 0 fully saturated rings. The summed E-state index contributed by atoms with van der Waals surface area (Å²) in [5.41, 5.74) is -1.18. The van der Waals surface area contributed by atoms with E-state index >= 15 is 0 Å². The minimum absolute atomic E-state index is 0.109. The quantitative estimate of drug-likeness (QED) is 0.329. The van der Waals surface area contributed by atoms with E-state index in [-0.39, 0.29) is 13.2 Å². The molecular formula is C21H32ClNO5. The Balaban J connectivity index is 3.24. The number of carbonyl (C=O) groups is 2. The lowest BCUT2D eigenvalue weighted by Crippen LogP contribution is -2.58. The Bertz CT molecular complexity index is 641. The van der Waals surface area contributed by atoms with Crippen LogP contribution in [0.2, 0.25) is 5.02 Å². The predicted octanol–water partition coefficient (Wildman–Crippen LogP) is 4.83. The van der Waals surface area contributed by atoms with E-state index in [2.05, 4.69) is 0 Å². The van der Waals surface area contributed by atoms with Crippen LogP contribution in [-0.4, -0.2) is 48.5 Å². The van der Waals surface area contributed by atoms with E-state index in [1.54, 1.807) is 39.8 Å². The molecule has 6 nitrogen and oxygen atoms in total. The lowest BCUT2D eigenvalue weighted by atomic mass is 9.91. The van der Waals surface area contributed by atoms with Gasteiger partial charge in [0.25, 0.3) is 0 Å². The second kappa shape index (κ2) is 10.7. The van der Waals surface area contributed by atoms with Crippen LogP contribution in [-0.2, 0) is 25.4 Å². The molecule has 1 amide bonds. The summed E-state index contributed by atoms with van der Waals surface area (Å²) in [5, 5.41) is 0.594. The summed E-state index contributed by atoms with van der Waals surface area (Å²) in [6, 6.07) is 7.13. The van der Waals surface area contributed by atoms with Crippen molar-refractivity contribution in [3.63, 3.8) is 0 Å². The Kier molecular flexibility index (Phi) is 9.24. The van der Waals surface area contributed by atoms with E-state index in [4.69, 9.17) is 25.8 Å². The molecule has 28 heavy (non-hydrogen) atoms. The zero-order valence-corrected chi connectivity index (χ0v) is 18.5. The smallest absolute Gasteiger partial charge is 0.413 e. The average Bonchev–Trinajstić information content (AvgIpc) is 2.60. The normalized spacial score (nSPS) is 13.5. The average molecular weight is 414 g/mol. The van der Waals surface area contributed by atoms with E-state index in [0.717, 1.165) is 18.4 Å². The van der Waals surface area contributed by atoms with Gasteiger partial charge >= 0.3 is 12.1 Å². The maximum absolute atomic E-state index is 13.0. The molecule has 0 saturated carbocycles. The fraction of sp³-hybridized carbons (Fsp3) is 0.619. The number of carbonyl (C=O) groups excluding carboxylic acids is 2. The van der Waals surface area contributed by atoms with Crippen molar-refractivity contribution in [2.45, 2.75) is 65.0 Å². The molecule has 0 aliphatic heterocycles. The van der Waals surface area contributed by atoms with Crippen molar-refractivity contribution in [1.82, 2.24) is 4.90 Å². The predicted molar refractivity (Wildman–Crippen MR) is 109 cm³/mol. The number of hydrogen-bond acceptors (Lipinski definition) is 5. The van der Waals surface area contributed by atoms with Gasteiger partial charge in [-0.3, -0.25) is 4.90 Å². The van der Waals surface area contributed by atoms with Gasteiger partial charge in [0.1, 0.15) is 17.9 Å². The lowest BCUT2D eigenvalue weighted by molar-refractivity contribution is -0.160. The number of methoxy groups -OCH3 is 1. The summed E-state index contributed by atoms with van der Waals surface area (Å²) in [6.07, 6.45) is 1.24. The Morgan fingerprint density at radius 1 is 1.11 bits per heavy atom. The van der Waals surface area contributed by atoms with Crippen LogP contribution < -0.4 is 0 Å². The molecule has 0 unspecified atom stereocenters. The molecule has 0 spiro atoms. The molecule has 0 radical (unpaired) electrons. The number of nitrogens with zero attached hydrogens (tertiary/aromatic N) is 1. The zero-order chi connectivity index (χ0) is 21.4. The van der Waals surface area contributed by atoms with Gasteiger partial charge in [-0.25, -0.2) is 9.59 Å². The minimum Gasteiger partial charge on any atom is -0.464 e. The fourth-order valence-electron chi connectivity index (χ4n) is 2.58. The molecule has 0 aliphatic rings. The number of halogens is 1. The van der Waals surface area contributed by atoms with E-state index in [1.807, 2.05) is 19.1 Å². The van der Waals surface area contributed by atoms with E-state index in [1.165, 1.54) is 12.0 Å². The van der Waals surface area contributed by atoms with Gasteiger partial charge in [0, 0.05) is 18.6 Å². The molecule has 0 heterocycles. The van der Waals surface area contributed by atoms with E-state index in [9.17, 15) is 9.59 Å². The molecule has 0 aliphatic carbocycles. The van der Waals surface area contributed by atoms with Gasteiger partial charge in [-0.05, 0) is 51.8 Å². The summed E-state index contributed by atoms with van der Waals surface area (Å²) in [4.78, 5) is 27.2. The van der Waals surface area contributed by atoms with Crippen LogP contribution in [0.5, 0.6) is 0 Å². The van der Waals surface area contributed by atoms with Crippen molar-refractivity contribution in [2.24, 2.45) is 0 Å². The lowest BCUT2D eigenvalue weighted by Gasteiger charge is -2.39. The molecule has 1 aromatic carbocycles. The fourth-order valence-corrected chi connectivity index (χ4v) is 2.71. The van der Waals surface area contributed by atoms with Gasteiger partial charge in [-0.1, -0.05) is 37.1 Å². The highest BCUT2D eigenvalue weighted by Crippen LogP contribution is 2.26. The van der Waals surface area contributed by atoms with Crippen LogP contribution in [0.25, 0.3) is 0 Å². The first-order valence-corrected chi connectivity index (χ1v) is 9.82. The second-order valence-corrected chi connectivity index (χ2v) is 8.33. The van der Waals surface area contributed by atoms with Crippen molar-refractivity contribution in [2.75, 3.05) is 20.4 Å². The van der Waals surface area contributed by atoms with Gasteiger partial charge in [0.15, 0.2) is 0 Å². The summed E-state index contributed by atoms with van der Waals surface area (Å²) in [6.45, 7) is 9.17. The van der Waals surface area contributed by atoms with Gasteiger partial charge in [-0.2, -0.15) is 0 Å². The number of rotatable bonds is 9. The third-order valence-corrected chi connectivity index (χ3v) is 4.35. The zero-order valence-electron chi connectivity index (χ0n) is 17.7. The highest BCUT2D eigenvalue weighted by Gasteiger charge is 2.45. The van der Waals surface area contributed by atoms with Crippen LogP contribution >= 0.6 is 11.6 Å². The Hall–Kier alpha value is -1.79. The number of amides is 1. The minimum atomic E-state index is -1.31. The van der Waals surface area contributed by atoms with Crippen molar-refractivity contribution in [3.8, 4) is 0 Å². The van der Waals surface area contributed by atoms with Gasteiger partial charge < -0.3 is 14.2 Å².